The molecule has 0 aliphatic carbocycles. The highest BCUT2D eigenvalue weighted by Gasteiger charge is 2.18. The molecule has 4 aromatic rings. The number of pyridine rings is 1. The number of nitrogens with zero attached hydrogens (tertiary/aromatic N) is 4. The Morgan fingerprint density at radius 1 is 1.03 bits per heavy atom. The molecule has 2 aromatic carbocycles. The van der Waals surface area contributed by atoms with Crippen LogP contribution in [0.1, 0.15) is 21.9 Å². The number of benzene rings is 2. The Labute approximate surface area is 178 Å². The van der Waals surface area contributed by atoms with Crippen molar-refractivity contribution in [2.24, 2.45) is 0 Å². The number of hydrogen-bond acceptors (Lipinski definition) is 3. The fraction of sp³-hybridized carbons (Fsp3) is 0.136. The molecule has 0 spiro atoms. The van der Waals surface area contributed by atoms with E-state index in [4.69, 9.17) is 28.2 Å². The Morgan fingerprint density at radius 2 is 1.83 bits per heavy atom. The lowest BCUT2D eigenvalue weighted by Crippen LogP contribution is -2.28. The van der Waals surface area contributed by atoms with Crippen LogP contribution in [0.25, 0.3) is 11.0 Å². The number of hydrogen-bond donors (Lipinski definition) is 0. The van der Waals surface area contributed by atoms with E-state index < -0.39 is 0 Å². The van der Waals surface area contributed by atoms with Crippen LogP contribution in [0.5, 0.6) is 0 Å². The summed E-state index contributed by atoms with van der Waals surface area (Å²) in [6.07, 6.45) is 1.61. The van der Waals surface area contributed by atoms with Gasteiger partial charge < -0.3 is 9.47 Å². The molecule has 0 radical (unpaired) electrons. The molecular formula is C22H18Cl2N4O. The number of rotatable bonds is 5. The molecule has 0 saturated carbocycles. The maximum Gasteiger partial charge on any atom is 0.272 e. The van der Waals surface area contributed by atoms with Crippen LogP contribution in [0.4, 0.5) is 0 Å². The second kappa shape index (κ2) is 8.23. The van der Waals surface area contributed by atoms with Gasteiger partial charge in [0.15, 0.2) is 0 Å². The molecule has 0 saturated heterocycles. The average Bonchev–Trinajstić information content (AvgIpc) is 3.07. The van der Waals surface area contributed by atoms with Gasteiger partial charge in [-0.2, -0.15) is 0 Å². The van der Waals surface area contributed by atoms with Gasteiger partial charge in [0, 0.05) is 19.8 Å². The van der Waals surface area contributed by atoms with Gasteiger partial charge in [-0.25, -0.2) is 4.98 Å². The molecule has 1 amide bonds. The van der Waals surface area contributed by atoms with E-state index in [9.17, 15) is 4.79 Å². The molecule has 0 atom stereocenters. The Balaban J connectivity index is 1.67. The first-order valence-electron chi connectivity index (χ1n) is 9.07. The lowest BCUT2D eigenvalue weighted by molar-refractivity contribution is 0.0774. The minimum atomic E-state index is -0.154. The van der Waals surface area contributed by atoms with Gasteiger partial charge in [-0.05, 0) is 42.0 Å². The number of amides is 1. The Hall–Kier alpha value is -2.89. The van der Waals surface area contributed by atoms with E-state index >= 15 is 0 Å². The molecule has 5 nitrogen and oxygen atoms in total. The van der Waals surface area contributed by atoms with Gasteiger partial charge in [0.2, 0.25) is 0 Å². The molecule has 0 fully saturated rings. The van der Waals surface area contributed by atoms with Crippen molar-refractivity contribution in [1.82, 2.24) is 19.4 Å². The standard InChI is InChI=1S/C22H18Cl2N4O/c1-27(22(29)19-7-4-5-11-25-19)14-21-26-18-6-2-3-8-20(18)28(21)13-15-9-10-16(23)17(24)12-15/h2-12H,13-14H2,1H3. The molecule has 7 heteroatoms. The predicted molar refractivity (Wildman–Crippen MR) is 115 cm³/mol. The van der Waals surface area contributed by atoms with Gasteiger partial charge in [-0.1, -0.05) is 47.5 Å². The highest BCUT2D eigenvalue weighted by molar-refractivity contribution is 6.42. The lowest BCUT2D eigenvalue weighted by atomic mass is 10.2. The molecule has 2 aromatic heterocycles. The molecule has 0 unspecified atom stereocenters. The third-order valence-electron chi connectivity index (χ3n) is 4.67. The van der Waals surface area contributed by atoms with Gasteiger partial charge in [0.25, 0.3) is 5.91 Å². The molecule has 0 aliphatic rings. The van der Waals surface area contributed by atoms with Gasteiger partial charge in [-0.3, -0.25) is 9.78 Å². The molecule has 29 heavy (non-hydrogen) atoms. The number of fused-ring (bicyclic) bond motifs is 1. The SMILES string of the molecule is CN(Cc1nc2ccccc2n1Cc1ccc(Cl)c(Cl)c1)C(=O)c1ccccn1. The fourth-order valence-corrected chi connectivity index (χ4v) is 3.53. The quantitative estimate of drug-likeness (QED) is 0.449. The zero-order chi connectivity index (χ0) is 20.4. The smallest absolute Gasteiger partial charge is 0.272 e. The predicted octanol–water partition coefficient (Wildman–Crippen LogP) is 5.06. The van der Waals surface area contributed by atoms with Crippen LogP contribution in [0.3, 0.4) is 0 Å². The van der Waals surface area contributed by atoms with Crippen molar-refractivity contribution in [1.29, 1.82) is 0 Å². The van der Waals surface area contributed by atoms with Gasteiger partial charge in [0.05, 0.1) is 27.6 Å². The summed E-state index contributed by atoms with van der Waals surface area (Å²) in [4.78, 5) is 23.2. The first-order chi connectivity index (χ1) is 14.0. The molecule has 4 rings (SSSR count). The molecule has 146 valence electrons. The van der Waals surface area contributed by atoms with Crippen LogP contribution in [0.15, 0.2) is 66.9 Å². The Bertz CT molecular complexity index is 1170. The van der Waals surface area contributed by atoms with Crippen molar-refractivity contribution in [2.75, 3.05) is 7.05 Å². The van der Waals surface area contributed by atoms with Crippen LogP contribution in [0, 0.1) is 0 Å². The average molecular weight is 425 g/mol. The summed E-state index contributed by atoms with van der Waals surface area (Å²) in [6, 6.07) is 18.8. The lowest BCUT2D eigenvalue weighted by Gasteiger charge is -2.18. The van der Waals surface area contributed by atoms with Crippen molar-refractivity contribution in [3.63, 3.8) is 0 Å². The first kappa shape index (κ1) is 19.4. The molecule has 2 heterocycles. The summed E-state index contributed by atoms with van der Waals surface area (Å²) in [5, 5.41) is 1.03. The highest BCUT2D eigenvalue weighted by atomic mass is 35.5. The first-order valence-corrected chi connectivity index (χ1v) is 9.83. The summed E-state index contributed by atoms with van der Waals surface area (Å²) in [5.74, 6) is 0.628. The third-order valence-corrected chi connectivity index (χ3v) is 5.41. The number of carbonyl (C=O) groups excluding carboxylic acids is 1. The summed E-state index contributed by atoms with van der Waals surface area (Å²) >= 11 is 12.2. The third kappa shape index (κ3) is 4.11. The number of aromatic nitrogens is 3. The van der Waals surface area contributed by atoms with Crippen molar-refractivity contribution in [2.45, 2.75) is 13.1 Å². The number of para-hydroxylation sites is 2. The normalized spacial score (nSPS) is 11.0. The van der Waals surface area contributed by atoms with Crippen molar-refractivity contribution < 1.29 is 4.79 Å². The van der Waals surface area contributed by atoms with Crippen LogP contribution in [-0.4, -0.2) is 32.4 Å². The fourth-order valence-electron chi connectivity index (χ4n) is 3.21. The van der Waals surface area contributed by atoms with E-state index in [1.165, 1.54) is 0 Å². The molecular weight excluding hydrogens is 407 g/mol. The maximum absolute atomic E-state index is 12.7. The summed E-state index contributed by atoms with van der Waals surface area (Å²) in [7, 11) is 1.75. The van der Waals surface area contributed by atoms with E-state index in [0.717, 1.165) is 22.4 Å². The monoisotopic (exact) mass is 424 g/mol. The van der Waals surface area contributed by atoms with Crippen LogP contribution in [0.2, 0.25) is 10.0 Å². The summed E-state index contributed by atoms with van der Waals surface area (Å²) in [6.45, 7) is 0.920. The zero-order valence-corrected chi connectivity index (χ0v) is 17.2. The Morgan fingerprint density at radius 3 is 2.59 bits per heavy atom. The number of carbonyl (C=O) groups is 1. The van der Waals surface area contributed by atoms with Crippen molar-refractivity contribution >= 4 is 40.1 Å². The molecule has 0 N–H and O–H groups in total. The number of imidazole rings is 1. The minimum absolute atomic E-state index is 0.154. The van der Waals surface area contributed by atoms with E-state index in [2.05, 4.69) is 9.55 Å². The Kier molecular flexibility index (Phi) is 5.51. The van der Waals surface area contributed by atoms with E-state index in [0.29, 0.717) is 28.8 Å². The molecule has 0 aliphatic heterocycles. The molecule has 0 bridgehead atoms. The van der Waals surface area contributed by atoms with E-state index in [1.54, 1.807) is 42.4 Å². The van der Waals surface area contributed by atoms with Crippen molar-refractivity contribution in [3.8, 4) is 0 Å². The number of halogens is 2. The van der Waals surface area contributed by atoms with E-state index in [1.807, 2.05) is 36.4 Å². The maximum atomic E-state index is 12.7. The van der Waals surface area contributed by atoms with E-state index in [-0.39, 0.29) is 5.91 Å². The topological polar surface area (TPSA) is 51.0 Å². The largest absolute Gasteiger partial charge is 0.333 e. The summed E-state index contributed by atoms with van der Waals surface area (Å²) in [5.41, 5.74) is 3.28. The van der Waals surface area contributed by atoms with Crippen LogP contribution in [-0.2, 0) is 13.1 Å². The second-order valence-electron chi connectivity index (χ2n) is 6.73. The van der Waals surface area contributed by atoms with Gasteiger partial charge in [-0.15, -0.1) is 0 Å². The minimum Gasteiger partial charge on any atom is -0.333 e. The van der Waals surface area contributed by atoms with Gasteiger partial charge in [0.1, 0.15) is 11.5 Å². The van der Waals surface area contributed by atoms with Crippen molar-refractivity contribution in [3.05, 3.63) is 94.0 Å². The second-order valence-corrected chi connectivity index (χ2v) is 7.54. The zero-order valence-electron chi connectivity index (χ0n) is 15.7. The van der Waals surface area contributed by atoms with Crippen LogP contribution >= 0.6 is 23.2 Å². The van der Waals surface area contributed by atoms with Gasteiger partial charge >= 0.3 is 0 Å². The highest BCUT2D eigenvalue weighted by Crippen LogP contribution is 2.25. The summed E-state index contributed by atoms with van der Waals surface area (Å²) < 4.78 is 2.09. The van der Waals surface area contributed by atoms with Crippen LogP contribution < -0.4 is 0 Å².